The molecular formula is C31H59N4O3S+. The third-order valence-electron chi connectivity index (χ3n) is 4.58. The molecule has 0 aromatic carbocycles. The maximum absolute atomic E-state index is 12.6. The number of carbonyl (C=O) groups excluding carboxylic acids is 1. The molecule has 0 aliphatic rings. The predicted octanol–water partition coefficient (Wildman–Crippen LogP) is 6.64. The Morgan fingerprint density at radius 3 is 2.10 bits per heavy atom. The molecule has 0 saturated carbocycles. The van der Waals surface area contributed by atoms with Crippen molar-refractivity contribution in [3.63, 3.8) is 0 Å². The Balaban J connectivity index is -0.000000179. The minimum Gasteiger partial charge on any atom is -0.380 e. The van der Waals surface area contributed by atoms with Crippen molar-refractivity contribution in [3.8, 4) is 6.57 Å². The summed E-state index contributed by atoms with van der Waals surface area (Å²) in [7, 11) is 5.75. The highest BCUT2D eigenvalue weighted by atomic mass is 32.2. The van der Waals surface area contributed by atoms with E-state index in [4.69, 9.17) is 4.74 Å². The maximum atomic E-state index is 12.6. The fourth-order valence-electron chi connectivity index (χ4n) is 2.36. The summed E-state index contributed by atoms with van der Waals surface area (Å²) in [6.45, 7) is 34.3. The van der Waals surface area contributed by atoms with Gasteiger partial charge >= 0.3 is 0 Å². The zero-order valence-corrected chi connectivity index (χ0v) is 27.7. The number of allylic oxidation sites excluding steroid dienone is 5. The molecule has 0 amide bonds. The average molecular weight is 568 g/mol. The second-order valence-corrected chi connectivity index (χ2v) is 9.20. The summed E-state index contributed by atoms with van der Waals surface area (Å²) in [4.78, 5) is 16.3. The first-order valence-corrected chi connectivity index (χ1v) is 14.3. The molecule has 8 heteroatoms. The first-order valence-electron chi connectivity index (χ1n) is 13.1. The van der Waals surface area contributed by atoms with Crippen LogP contribution >= 0.6 is 0 Å². The molecule has 0 aliphatic heterocycles. The summed E-state index contributed by atoms with van der Waals surface area (Å²) in [5.41, 5.74) is 1.98. The van der Waals surface area contributed by atoms with Crippen molar-refractivity contribution in [1.82, 2.24) is 14.5 Å². The van der Waals surface area contributed by atoms with Gasteiger partial charge in [-0.1, -0.05) is 56.0 Å². The number of rotatable bonds is 15. The van der Waals surface area contributed by atoms with E-state index in [9.17, 15) is 9.00 Å². The molecule has 39 heavy (non-hydrogen) atoms. The summed E-state index contributed by atoms with van der Waals surface area (Å²) >= 11 is 0. The van der Waals surface area contributed by atoms with E-state index in [1.165, 1.54) is 12.6 Å². The normalized spacial score (nSPS) is 12.0. The number of Topliss-reactive ketones (excluding diaryl/α,β-unsaturated/α-hetero) is 1. The van der Waals surface area contributed by atoms with Gasteiger partial charge in [0.1, 0.15) is 11.0 Å². The summed E-state index contributed by atoms with van der Waals surface area (Å²) in [5.74, 6) is 0.112. The van der Waals surface area contributed by atoms with Gasteiger partial charge in [-0.2, -0.15) is 0 Å². The monoisotopic (exact) mass is 567 g/mol. The minimum atomic E-state index is -1.24. The molecule has 1 N–H and O–H groups in total. The molecule has 0 aromatic rings. The van der Waals surface area contributed by atoms with Crippen LogP contribution in [0.25, 0.3) is 4.85 Å². The van der Waals surface area contributed by atoms with Crippen LogP contribution in [-0.2, 0) is 20.5 Å². The Hall–Kier alpha value is -2.57. The highest BCUT2D eigenvalue weighted by Crippen LogP contribution is 2.11. The van der Waals surface area contributed by atoms with Gasteiger partial charge in [0.2, 0.25) is 0 Å². The Bertz CT molecular complexity index is 783. The lowest BCUT2D eigenvalue weighted by Gasteiger charge is -2.24. The third-order valence-corrected chi connectivity index (χ3v) is 5.97. The molecule has 0 rings (SSSR count). The van der Waals surface area contributed by atoms with Crippen LogP contribution in [0.4, 0.5) is 0 Å². The zero-order valence-electron chi connectivity index (χ0n) is 26.9. The van der Waals surface area contributed by atoms with Crippen LogP contribution in [0.5, 0.6) is 0 Å². The molecule has 0 fully saturated rings. The molecule has 0 aliphatic carbocycles. The third kappa shape index (κ3) is 31.5. The Morgan fingerprint density at radius 2 is 1.74 bits per heavy atom. The van der Waals surface area contributed by atoms with Crippen molar-refractivity contribution in [2.75, 3.05) is 54.4 Å². The molecular weight excluding hydrogens is 508 g/mol. The Kier molecular flexibility index (Phi) is 42.1. The fourth-order valence-corrected chi connectivity index (χ4v) is 3.48. The molecule has 0 radical (unpaired) electrons. The van der Waals surface area contributed by atoms with E-state index < -0.39 is 11.0 Å². The minimum absolute atomic E-state index is 0.0318. The molecule has 7 nitrogen and oxygen atoms in total. The number of likely N-dealkylation sites (N-methyl/N-ethyl adjacent to an activating group) is 2. The smallest absolute Gasteiger partial charge is 0.257 e. The van der Waals surface area contributed by atoms with E-state index in [1.807, 2.05) is 76.3 Å². The van der Waals surface area contributed by atoms with Gasteiger partial charge in [-0.25, -0.2) is 8.51 Å². The van der Waals surface area contributed by atoms with E-state index in [0.717, 1.165) is 25.1 Å². The number of ether oxygens (including phenoxy) is 1. The van der Waals surface area contributed by atoms with Crippen molar-refractivity contribution in [2.45, 2.75) is 61.0 Å². The molecule has 0 bridgehead atoms. The number of ketones is 1. The second kappa shape index (κ2) is 35.4. The van der Waals surface area contributed by atoms with Gasteiger partial charge in [-0.05, 0) is 47.2 Å². The Morgan fingerprint density at radius 1 is 1.23 bits per heavy atom. The lowest BCUT2D eigenvalue weighted by molar-refractivity contribution is -0.113. The number of carbonyl (C=O) groups is 1. The first-order chi connectivity index (χ1) is 18.5. The van der Waals surface area contributed by atoms with Gasteiger partial charge in [0.05, 0.1) is 6.10 Å². The fraction of sp³-hybridized carbons (Fsp3) is 0.548. The van der Waals surface area contributed by atoms with Crippen LogP contribution in [0.3, 0.4) is 0 Å². The van der Waals surface area contributed by atoms with E-state index in [-0.39, 0.29) is 11.9 Å². The highest BCUT2D eigenvalue weighted by Gasteiger charge is 2.17. The van der Waals surface area contributed by atoms with Gasteiger partial charge in [0, 0.05) is 57.0 Å². The summed E-state index contributed by atoms with van der Waals surface area (Å²) < 4.78 is 19.7. The molecule has 0 aromatic heterocycles. The SMILES string of the molecule is C#[N+]C.C=C.C=C(/C=C\C(=C/C)CC)S(=O)N(CCNC)CC(C)OC.C=CCN(C)/C=C(\C)C(C)=O.CC. The van der Waals surface area contributed by atoms with Crippen LogP contribution in [0.15, 0.2) is 72.9 Å². The van der Waals surface area contributed by atoms with E-state index >= 15 is 0 Å². The molecule has 0 spiro atoms. The Labute approximate surface area is 244 Å². The molecule has 2 unspecified atom stereocenters. The van der Waals surface area contributed by atoms with Crippen LogP contribution in [0, 0.1) is 6.57 Å². The number of nitrogens with zero attached hydrogens (tertiary/aromatic N) is 3. The zero-order chi connectivity index (χ0) is 31.8. The summed E-state index contributed by atoms with van der Waals surface area (Å²) in [6.07, 6.45) is 10.5. The van der Waals surface area contributed by atoms with Gasteiger partial charge in [-0.15, -0.1) is 19.7 Å². The van der Waals surface area contributed by atoms with E-state index in [1.54, 1.807) is 20.1 Å². The lowest BCUT2D eigenvalue weighted by atomic mass is 10.2. The standard InChI is InChI=1S/C16H30N2O2S.C9H15NO.C2H4N.C2H6.C2H4/c1-7-16(8-2)10-9-15(4)21(19)18(12-11-17-5)13-14(3)20-6;1-5-6-10(4)7-8(2)9(3)11;1-3-2;2*1-2/h7,9-10,14,17H,4,8,11-13H2,1-3,5-6H3;5,7H,1,6H2,2-4H3;1H,2H3;1-2H3;1-2H2/q;;+1;;/b10-9-,16-7-;8-7+;;;. The van der Waals surface area contributed by atoms with Crippen LogP contribution < -0.4 is 5.32 Å². The van der Waals surface area contributed by atoms with Crippen molar-refractivity contribution in [2.24, 2.45) is 0 Å². The van der Waals surface area contributed by atoms with Crippen LogP contribution in [0.2, 0.25) is 0 Å². The average Bonchev–Trinajstić information content (AvgIpc) is 2.93. The number of nitrogens with one attached hydrogen (secondary N) is 1. The quantitative estimate of drug-likeness (QED) is 0.137. The topological polar surface area (TPSA) is 66.2 Å². The predicted molar refractivity (Wildman–Crippen MR) is 177 cm³/mol. The van der Waals surface area contributed by atoms with Crippen molar-refractivity contribution in [3.05, 3.63) is 77.7 Å². The molecule has 0 saturated heterocycles. The van der Waals surface area contributed by atoms with Crippen LogP contribution in [-0.4, -0.2) is 79.7 Å². The molecule has 226 valence electrons. The molecule has 0 heterocycles. The van der Waals surface area contributed by atoms with E-state index in [2.05, 4.69) is 56.0 Å². The number of hydrogen-bond donors (Lipinski definition) is 1. The van der Waals surface area contributed by atoms with Crippen molar-refractivity contribution >= 4 is 16.8 Å². The second-order valence-electron chi connectivity index (χ2n) is 7.66. The number of hydrogen-bond acceptors (Lipinski definition) is 5. The summed E-state index contributed by atoms with van der Waals surface area (Å²) in [6, 6.07) is 0. The first kappa shape index (κ1) is 46.3. The number of methoxy groups -OCH3 is 1. The van der Waals surface area contributed by atoms with Gasteiger partial charge < -0.3 is 15.0 Å². The van der Waals surface area contributed by atoms with Crippen LogP contribution in [0.1, 0.15) is 54.9 Å². The van der Waals surface area contributed by atoms with Gasteiger partial charge in [0.25, 0.3) is 13.6 Å². The van der Waals surface area contributed by atoms with Gasteiger partial charge in [-0.3, -0.25) is 4.79 Å². The maximum Gasteiger partial charge on any atom is 0.257 e. The lowest BCUT2D eigenvalue weighted by Crippen LogP contribution is -2.38. The molecule has 2 atom stereocenters. The van der Waals surface area contributed by atoms with Crippen molar-refractivity contribution in [1.29, 1.82) is 0 Å². The highest BCUT2D eigenvalue weighted by molar-refractivity contribution is 7.86. The largest absolute Gasteiger partial charge is 0.380 e. The van der Waals surface area contributed by atoms with Gasteiger partial charge in [0.15, 0.2) is 5.78 Å². The van der Waals surface area contributed by atoms with Crippen molar-refractivity contribution < 1.29 is 13.7 Å². The van der Waals surface area contributed by atoms with E-state index in [0.29, 0.717) is 18.0 Å². The summed E-state index contributed by atoms with van der Waals surface area (Å²) in [5, 5.41) is 3.08.